The molecular weight excluding hydrogens is 274 g/mol. The van der Waals surface area contributed by atoms with Crippen molar-refractivity contribution < 1.29 is 8.42 Å². The van der Waals surface area contributed by atoms with Gasteiger partial charge in [-0.25, -0.2) is 13.4 Å². The number of rotatable bonds is 4. The molecule has 6 heteroatoms. The number of anilines is 1. The second-order valence-corrected chi connectivity index (χ2v) is 6.31. The first-order valence-electron chi connectivity index (χ1n) is 6.18. The van der Waals surface area contributed by atoms with Gasteiger partial charge in [0.2, 0.25) is 0 Å². The van der Waals surface area contributed by atoms with E-state index in [1.54, 1.807) is 18.2 Å². The number of pyridine rings is 1. The van der Waals surface area contributed by atoms with Crippen LogP contribution >= 0.6 is 0 Å². The Labute approximate surface area is 118 Å². The van der Waals surface area contributed by atoms with Gasteiger partial charge in [-0.1, -0.05) is 12.1 Å². The van der Waals surface area contributed by atoms with Crippen molar-refractivity contribution >= 4 is 15.8 Å². The fourth-order valence-corrected chi connectivity index (χ4v) is 2.89. The quantitative estimate of drug-likeness (QED) is 0.901. The van der Waals surface area contributed by atoms with Crippen molar-refractivity contribution in [2.45, 2.75) is 25.3 Å². The first-order valence-corrected chi connectivity index (χ1v) is 7.66. The summed E-state index contributed by atoms with van der Waals surface area (Å²) in [6.07, 6.45) is 0. The predicted octanol–water partition coefficient (Wildman–Crippen LogP) is 1.96. The average Bonchev–Trinajstić information content (AvgIpc) is 2.37. The van der Waals surface area contributed by atoms with E-state index >= 15 is 0 Å². The van der Waals surface area contributed by atoms with Crippen LogP contribution in [-0.4, -0.2) is 13.4 Å². The zero-order chi connectivity index (χ0) is 14.8. The monoisotopic (exact) mass is 291 g/mol. The fraction of sp³-hybridized carbons (Fsp3) is 0.214. The Morgan fingerprint density at radius 1 is 1.15 bits per heavy atom. The summed E-state index contributed by atoms with van der Waals surface area (Å²) in [7, 11) is -3.63. The van der Waals surface area contributed by atoms with Crippen molar-refractivity contribution in [1.29, 1.82) is 0 Å². The van der Waals surface area contributed by atoms with Crippen molar-refractivity contribution in [2.75, 3.05) is 4.72 Å². The lowest BCUT2D eigenvalue weighted by molar-refractivity contribution is 0.601. The molecule has 0 aliphatic carbocycles. The molecule has 0 bridgehead atoms. The van der Waals surface area contributed by atoms with Gasteiger partial charge in [-0.15, -0.1) is 0 Å². The number of aryl methyl sites for hydroxylation is 2. The van der Waals surface area contributed by atoms with E-state index in [1.807, 2.05) is 19.9 Å². The number of nitrogens with two attached hydrogens (primary N) is 1. The van der Waals surface area contributed by atoms with Gasteiger partial charge in [0.25, 0.3) is 10.0 Å². The molecule has 0 saturated heterocycles. The number of sulfonamides is 1. The molecule has 0 aliphatic heterocycles. The Balaban J connectivity index is 2.30. The molecule has 1 aromatic carbocycles. The van der Waals surface area contributed by atoms with E-state index in [0.29, 0.717) is 12.4 Å². The molecule has 0 atom stereocenters. The summed E-state index contributed by atoms with van der Waals surface area (Å²) >= 11 is 0. The Morgan fingerprint density at radius 2 is 1.80 bits per heavy atom. The Kier molecular flexibility index (Phi) is 4.06. The van der Waals surface area contributed by atoms with Crippen LogP contribution in [0.4, 0.5) is 5.82 Å². The molecule has 1 heterocycles. The first-order chi connectivity index (χ1) is 9.40. The lowest BCUT2D eigenvalue weighted by atomic mass is 10.2. The molecule has 106 valence electrons. The molecular formula is C14H17N3O2S. The number of aromatic nitrogens is 1. The molecule has 0 aliphatic rings. The molecule has 3 N–H and O–H groups in total. The molecule has 0 fully saturated rings. The number of hydrogen-bond donors (Lipinski definition) is 2. The zero-order valence-electron chi connectivity index (χ0n) is 11.4. The molecule has 0 amide bonds. The normalized spacial score (nSPS) is 11.3. The highest BCUT2D eigenvalue weighted by molar-refractivity contribution is 7.92. The van der Waals surface area contributed by atoms with Crippen molar-refractivity contribution in [3.05, 3.63) is 53.2 Å². The van der Waals surface area contributed by atoms with Crippen LogP contribution in [-0.2, 0) is 16.6 Å². The minimum absolute atomic E-state index is 0.190. The number of hydrogen-bond acceptors (Lipinski definition) is 4. The van der Waals surface area contributed by atoms with Crippen molar-refractivity contribution in [3.8, 4) is 0 Å². The van der Waals surface area contributed by atoms with Crippen LogP contribution < -0.4 is 10.5 Å². The zero-order valence-corrected chi connectivity index (χ0v) is 12.2. The number of nitrogens with zero attached hydrogens (tertiary/aromatic N) is 1. The molecule has 0 saturated carbocycles. The minimum atomic E-state index is -3.63. The fourth-order valence-electron chi connectivity index (χ4n) is 1.89. The molecule has 0 unspecified atom stereocenters. The molecule has 0 radical (unpaired) electrons. The molecule has 20 heavy (non-hydrogen) atoms. The minimum Gasteiger partial charge on any atom is -0.326 e. The van der Waals surface area contributed by atoms with E-state index in [1.165, 1.54) is 12.1 Å². The van der Waals surface area contributed by atoms with Crippen LogP contribution in [0.1, 0.15) is 16.8 Å². The second kappa shape index (κ2) is 5.60. The van der Waals surface area contributed by atoms with Gasteiger partial charge in [0.15, 0.2) is 0 Å². The second-order valence-electron chi connectivity index (χ2n) is 4.62. The summed E-state index contributed by atoms with van der Waals surface area (Å²) in [5.74, 6) is 0.324. The van der Waals surface area contributed by atoms with Crippen LogP contribution in [0.5, 0.6) is 0 Å². The third-order valence-electron chi connectivity index (χ3n) is 2.81. The maximum atomic E-state index is 12.2. The van der Waals surface area contributed by atoms with E-state index in [-0.39, 0.29) is 4.90 Å². The number of benzene rings is 1. The highest BCUT2D eigenvalue weighted by Crippen LogP contribution is 2.16. The van der Waals surface area contributed by atoms with Gasteiger partial charge in [-0.2, -0.15) is 0 Å². The first kappa shape index (κ1) is 14.5. The van der Waals surface area contributed by atoms with Gasteiger partial charge in [-0.3, -0.25) is 4.72 Å². The summed E-state index contributed by atoms with van der Waals surface area (Å²) in [6, 6.07) is 10.0. The molecule has 5 nitrogen and oxygen atoms in total. The average molecular weight is 291 g/mol. The summed E-state index contributed by atoms with van der Waals surface area (Å²) in [6.45, 7) is 4.09. The van der Waals surface area contributed by atoms with Crippen molar-refractivity contribution in [1.82, 2.24) is 4.98 Å². The van der Waals surface area contributed by atoms with E-state index in [4.69, 9.17) is 5.73 Å². The van der Waals surface area contributed by atoms with Crippen LogP contribution in [0, 0.1) is 13.8 Å². The molecule has 1 aromatic heterocycles. The van der Waals surface area contributed by atoms with Gasteiger partial charge in [0.1, 0.15) is 5.82 Å². The van der Waals surface area contributed by atoms with Gasteiger partial charge in [0, 0.05) is 12.2 Å². The Hall–Kier alpha value is -1.92. The summed E-state index contributed by atoms with van der Waals surface area (Å²) < 4.78 is 27.0. The number of nitrogens with one attached hydrogen (secondary N) is 1. The third kappa shape index (κ3) is 3.34. The van der Waals surface area contributed by atoms with Gasteiger partial charge in [0.05, 0.1) is 4.90 Å². The Bertz CT molecular complexity index is 689. The molecule has 0 spiro atoms. The van der Waals surface area contributed by atoms with Crippen LogP contribution in [0.25, 0.3) is 0 Å². The summed E-state index contributed by atoms with van der Waals surface area (Å²) in [5, 5.41) is 0. The Morgan fingerprint density at radius 3 is 2.35 bits per heavy atom. The topological polar surface area (TPSA) is 85.1 Å². The smallest absolute Gasteiger partial charge is 0.263 e. The van der Waals surface area contributed by atoms with Gasteiger partial charge in [-0.05, 0) is 49.2 Å². The van der Waals surface area contributed by atoms with Gasteiger partial charge >= 0.3 is 0 Å². The van der Waals surface area contributed by atoms with E-state index in [2.05, 4.69) is 9.71 Å². The van der Waals surface area contributed by atoms with Crippen LogP contribution in [0.3, 0.4) is 0 Å². The third-order valence-corrected chi connectivity index (χ3v) is 4.18. The molecule has 2 aromatic rings. The highest BCUT2D eigenvalue weighted by atomic mass is 32.2. The van der Waals surface area contributed by atoms with E-state index in [0.717, 1.165) is 16.8 Å². The van der Waals surface area contributed by atoms with E-state index < -0.39 is 10.0 Å². The summed E-state index contributed by atoms with van der Waals surface area (Å²) in [4.78, 5) is 4.36. The van der Waals surface area contributed by atoms with Crippen molar-refractivity contribution in [2.24, 2.45) is 5.73 Å². The maximum Gasteiger partial charge on any atom is 0.263 e. The van der Waals surface area contributed by atoms with Crippen LogP contribution in [0.2, 0.25) is 0 Å². The molecule has 2 rings (SSSR count). The largest absolute Gasteiger partial charge is 0.326 e. The predicted molar refractivity (Wildman–Crippen MR) is 78.9 cm³/mol. The van der Waals surface area contributed by atoms with Crippen molar-refractivity contribution in [3.63, 3.8) is 0 Å². The highest BCUT2D eigenvalue weighted by Gasteiger charge is 2.14. The maximum absolute atomic E-state index is 12.2. The summed E-state index contributed by atoms with van der Waals surface area (Å²) in [5.41, 5.74) is 8.09. The SMILES string of the molecule is Cc1cc(C)nc(NS(=O)(=O)c2ccc(CN)cc2)c1. The van der Waals surface area contributed by atoms with E-state index in [9.17, 15) is 8.42 Å². The lowest BCUT2D eigenvalue weighted by Crippen LogP contribution is -2.14. The van der Waals surface area contributed by atoms with Crippen LogP contribution in [0.15, 0.2) is 41.3 Å². The van der Waals surface area contributed by atoms with Gasteiger partial charge < -0.3 is 5.73 Å². The lowest BCUT2D eigenvalue weighted by Gasteiger charge is -2.09. The standard InChI is InChI=1S/C14H17N3O2S/c1-10-7-11(2)16-14(8-10)17-20(18,19)13-5-3-12(9-15)4-6-13/h3-8H,9,15H2,1-2H3,(H,16,17).